The van der Waals surface area contributed by atoms with Crippen LogP contribution in [0.15, 0.2) is 47.2 Å². The zero-order valence-corrected chi connectivity index (χ0v) is 13.4. The third kappa shape index (κ3) is 2.64. The number of hydrogen-bond acceptors (Lipinski definition) is 2. The SMILES string of the molecule is Clc1c(Br)ccc(NCc2cn3ccccc3n2)c1Cl. The lowest BCUT2D eigenvalue weighted by atomic mass is 10.3. The van der Waals surface area contributed by atoms with Crippen LogP contribution in [0.5, 0.6) is 0 Å². The number of imidazole rings is 1. The van der Waals surface area contributed by atoms with E-state index in [9.17, 15) is 0 Å². The van der Waals surface area contributed by atoms with Crippen molar-refractivity contribution in [2.75, 3.05) is 5.32 Å². The van der Waals surface area contributed by atoms with Crippen LogP contribution in [-0.4, -0.2) is 9.38 Å². The molecule has 20 heavy (non-hydrogen) atoms. The molecule has 0 aliphatic carbocycles. The van der Waals surface area contributed by atoms with Gasteiger partial charge >= 0.3 is 0 Å². The van der Waals surface area contributed by atoms with Crippen LogP contribution in [0.1, 0.15) is 5.69 Å². The Morgan fingerprint density at radius 3 is 2.80 bits per heavy atom. The van der Waals surface area contributed by atoms with Crippen LogP contribution < -0.4 is 5.32 Å². The van der Waals surface area contributed by atoms with E-state index in [-0.39, 0.29) is 0 Å². The Balaban J connectivity index is 1.81. The van der Waals surface area contributed by atoms with Crippen molar-refractivity contribution in [3.63, 3.8) is 0 Å². The molecule has 0 bridgehead atoms. The maximum Gasteiger partial charge on any atom is 0.137 e. The van der Waals surface area contributed by atoms with Crippen molar-refractivity contribution in [3.05, 3.63) is 62.9 Å². The van der Waals surface area contributed by atoms with Crippen LogP contribution in [0, 0.1) is 0 Å². The number of nitrogens with zero attached hydrogens (tertiary/aromatic N) is 2. The van der Waals surface area contributed by atoms with Crippen LogP contribution in [0.2, 0.25) is 10.0 Å². The maximum atomic E-state index is 6.19. The Labute approximate surface area is 134 Å². The molecule has 0 saturated heterocycles. The van der Waals surface area contributed by atoms with E-state index in [1.807, 2.05) is 47.1 Å². The summed E-state index contributed by atoms with van der Waals surface area (Å²) in [5, 5.41) is 4.26. The lowest BCUT2D eigenvalue weighted by Crippen LogP contribution is -2.00. The average Bonchev–Trinajstić information content (AvgIpc) is 2.87. The van der Waals surface area contributed by atoms with Gasteiger partial charge in [0.25, 0.3) is 0 Å². The van der Waals surface area contributed by atoms with Crippen molar-refractivity contribution in [1.82, 2.24) is 9.38 Å². The molecule has 0 atom stereocenters. The highest BCUT2D eigenvalue weighted by Gasteiger charge is 2.08. The number of nitrogens with one attached hydrogen (secondary N) is 1. The van der Waals surface area contributed by atoms with Gasteiger partial charge < -0.3 is 9.72 Å². The molecule has 0 saturated carbocycles. The Morgan fingerprint density at radius 2 is 2.00 bits per heavy atom. The molecule has 2 aromatic heterocycles. The number of benzene rings is 1. The van der Waals surface area contributed by atoms with Gasteiger partial charge in [0.15, 0.2) is 0 Å². The summed E-state index contributed by atoms with van der Waals surface area (Å²) in [6, 6.07) is 9.64. The predicted molar refractivity (Wildman–Crippen MR) is 86.7 cm³/mol. The number of rotatable bonds is 3. The van der Waals surface area contributed by atoms with E-state index in [1.165, 1.54) is 0 Å². The lowest BCUT2D eigenvalue weighted by molar-refractivity contribution is 1.08. The van der Waals surface area contributed by atoms with E-state index in [1.54, 1.807) is 0 Å². The summed E-state index contributed by atoms with van der Waals surface area (Å²) < 4.78 is 2.76. The molecular weight excluding hydrogens is 361 g/mol. The minimum absolute atomic E-state index is 0.504. The van der Waals surface area contributed by atoms with E-state index in [0.29, 0.717) is 16.6 Å². The normalized spacial score (nSPS) is 10.9. The van der Waals surface area contributed by atoms with Crippen molar-refractivity contribution < 1.29 is 0 Å². The summed E-state index contributed by atoms with van der Waals surface area (Å²) in [5.41, 5.74) is 2.65. The highest BCUT2D eigenvalue weighted by atomic mass is 79.9. The van der Waals surface area contributed by atoms with Crippen LogP contribution in [0.3, 0.4) is 0 Å². The fourth-order valence-corrected chi connectivity index (χ4v) is 2.76. The first-order valence-corrected chi connectivity index (χ1v) is 7.50. The fraction of sp³-hybridized carbons (Fsp3) is 0.0714. The highest BCUT2D eigenvalue weighted by molar-refractivity contribution is 9.10. The first-order valence-electron chi connectivity index (χ1n) is 5.95. The molecule has 3 rings (SSSR count). The van der Waals surface area contributed by atoms with E-state index in [0.717, 1.165) is 21.5 Å². The van der Waals surface area contributed by atoms with E-state index in [2.05, 4.69) is 26.2 Å². The second-order valence-corrected chi connectivity index (χ2v) is 5.89. The molecule has 0 fully saturated rings. The first kappa shape index (κ1) is 13.7. The number of anilines is 1. The van der Waals surface area contributed by atoms with Gasteiger partial charge in [0, 0.05) is 16.9 Å². The standard InChI is InChI=1S/C14H10BrCl2N3/c15-10-4-5-11(14(17)13(10)16)18-7-9-8-20-6-2-1-3-12(20)19-9/h1-6,8,18H,7H2. The van der Waals surface area contributed by atoms with Gasteiger partial charge in [-0.05, 0) is 40.2 Å². The third-order valence-corrected chi connectivity index (χ3v) is 4.68. The number of hydrogen-bond donors (Lipinski definition) is 1. The van der Waals surface area contributed by atoms with Gasteiger partial charge in [-0.2, -0.15) is 0 Å². The molecule has 0 amide bonds. The van der Waals surface area contributed by atoms with Gasteiger partial charge in [-0.1, -0.05) is 29.3 Å². The highest BCUT2D eigenvalue weighted by Crippen LogP contribution is 2.35. The largest absolute Gasteiger partial charge is 0.378 e. The molecule has 0 unspecified atom stereocenters. The van der Waals surface area contributed by atoms with Gasteiger partial charge in [0.05, 0.1) is 28.0 Å². The zero-order chi connectivity index (χ0) is 14.1. The van der Waals surface area contributed by atoms with Crippen LogP contribution in [-0.2, 0) is 6.54 Å². The topological polar surface area (TPSA) is 29.3 Å². The molecule has 0 aliphatic heterocycles. The van der Waals surface area contributed by atoms with Crippen LogP contribution in [0.4, 0.5) is 5.69 Å². The average molecular weight is 371 g/mol. The van der Waals surface area contributed by atoms with Crippen LogP contribution >= 0.6 is 39.1 Å². The van der Waals surface area contributed by atoms with Gasteiger partial charge in [0.2, 0.25) is 0 Å². The van der Waals surface area contributed by atoms with Crippen molar-refractivity contribution >= 4 is 50.5 Å². The minimum Gasteiger partial charge on any atom is -0.378 e. The zero-order valence-electron chi connectivity index (χ0n) is 10.3. The van der Waals surface area contributed by atoms with Crippen molar-refractivity contribution in [2.45, 2.75) is 6.54 Å². The Bertz CT molecular complexity index is 737. The summed E-state index contributed by atoms with van der Waals surface area (Å²) in [5.74, 6) is 0. The Morgan fingerprint density at radius 1 is 1.15 bits per heavy atom. The van der Waals surface area contributed by atoms with Gasteiger partial charge in [-0.25, -0.2) is 4.98 Å². The van der Waals surface area contributed by atoms with Crippen molar-refractivity contribution in [3.8, 4) is 0 Å². The number of aromatic nitrogens is 2. The molecule has 102 valence electrons. The third-order valence-electron chi connectivity index (χ3n) is 2.91. The predicted octanol–water partition coefficient (Wildman–Crippen LogP) is 5.02. The summed E-state index contributed by atoms with van der Waals surface area (Å²) in [6.45, 7) is 0.583. The van der Waals surface area contributed by atoms with E-state index >= 15 is 0 Å². The summed E-state index contributed by atoms with van der Waals surface area (Å²) in [4.78, 5) is 4.51. The summed E-state index contributed by atoms with van der Waals surface area (Å²) in [7, 11) is 0. The lowest BCUT2D eigenvalue weighted by Gasteiger charge is -2.09. The van der Waals surface area contributed by atoms with Gasteiger partial charge in [-0.3, -0.25) is 0 Å². The Hall–Kier alpha value is -1.23. The fourth-order valence-electron chi connectivity index (χ4n) is 1.92. The number of pyridine rings is 1. The van der Waals surface area contributed by atoms with Crippen LogP contribution in [0.25, 0.3) is 5.65 Å². The Kier molecular flexibility index (Phi) is 3.87. The second kappa shape index (κ2) is 5.64. The van der Waals surface area contributed by atoms with Gasteiger partial charge in [-0.15, -0.1) is 0 Å². The minimum atomic E-state index is 0.504. The van der Waals surface area contributed by atoms with Gasteiger partial charge in [0.1, 0.15) is 5.65 Å². The first-order chi connectivity index (χ1) is 9.65. The van der Waals surface area contributed by atoms with E-state index in [4.69, 9.17) is 23.2 Å². The molecular formula is C14H10BrCl2N3. The molecule has 2 heterocycles. The molecule has 3 aromatic rings. The summed E-state index contributed by atoms with van der Waals surface area (Å²) >= 11 is 15.6. The monoisotopic (exact) mass is 369 g/mol. The molecule has 0 aliphatic rings. The molecule has 6 heteroatoms. The molecule has 0 radical (unpaired) electrons. The summed E-state index contributed by atoms with van der Waals surface area (Å²) in [6.07, 6.45) is 3.95. The van der Waals surface area contributed by atoms with Crippen molar-refractivity contribution in [2.24, 2.45) is 0 Å². The van der Waals surface area contributed by atoms with E-state index < -0.39 is 0 Å². The quantitative estimate of drug-likeness (QED) is 0.656. The molecule has 3 nitrogen and oxygen atoms in total. The number of halogens is 3. The molecule has 0 spiro atoms. The smallest absolute Gasteiger partial charge is 0.137 e. The second-order valence-electron chi connectivity index (χ2n) is 4.27. The maximum absolute atomic E-state index is 6.19. The molecule has 1 N–H and O–H groups in total. The molecule has 1 aromatic carbocycles. The number of fused-ring (bicyclic) bond motifs is 1. The van der Waals surface area contributed by atoms with Crippen molar-refractivity contribution in [1.29, 1.82) is 0 Å².